The predicted octanol–water partition coefficient (Wildman–Crippen LogP) is 1.33. The monoisotopic (exact) mass is 342 g/mol. The number of likely N-dealkylation sites (N-methyl/N-ethyl adjacent to an activating group) is 1. The Balaban J connectivity index is 2.20. The molecule has 0 bridgehead atoms. The van der Waals surface area contributed by atoms with Gasteiger partial charge >= 0.3 is 0 Å². The lowest BCUT2D eigenvalue weighted by Gasteiger charge is -2.36. The Morgan fingerprint density at radius 1 is 1.20 bits per heavy atom. The van der Waals surface area contributed by atoms with Gasteiger partial charge < -0.3 is 15.1 Å². The van der Waals surface area contributed by atoms with Crippen molar-refractivity contribution in [2.75, 3.05) is 33.2 Å². The van der Waals surface area contributed by atoms with E-state index in [0.717, 1.165) is 18.7 Å². The van der Waals surface area contributed by atoms with Gasteiger partial charge in [0.1, 0.15) is 6.04 Å². The van der Waals surface area contributed by atoms with Gasteiger partial charge in [0.2, 0.25) is 11.8 Å². The highest BCUT2D eigenvalue weighted by Gasteiger charge is 2.32. The Bertz CT molecular complexity index is 642. The molecule has 1 fully saturated rings. The third-order valence-corrected chi connectivity index (χ3v) is 4.78. The topological polar surface area (TPSA) is 76.4 Å². The molecule has 1 aromatic carbocycles. The van der Waals surface area contributed by atoms with E-state index in [1.165, 1.54) is 0 Å². The lowest BCUT2D eigenvalue weighted by molar-refractivity contribution is -0.138. The second-order valence-electron chi connectivity index (χ2n) is 6.55. The maximum absolute atomic E-state index is 13.0. The average Bonchev–Trinajstić information content (AvgIpc) is 2.65. The third-order valence-electron chi connectivity index (χ3n) is 4.78. The van der Waals surface area contributed by atoms with Crippen molar-refractivity contribution in [3.63, 3.8) is 0 Å². The van der Waals surface area contributed by atoms with E-state index in [1.807, 2.05) is 31.0 Å². The van der Waals surface area contributed by atoms with E-state index in [-0.39, 0.29) is 17.7 Å². The third kappa shape index (κ3) is 4.80. The van der Waals surface area contributed by atoms with Crippen LogP contribution >= 0.6 is 0 Å². The van der Waals surface area contributed by atoms with Gasteiger partial charge in [0.25, 0.3) is 0 Å². The van der Waals surface area contributed by atoms with Crippen LogP contribution in [0.3, 0.4) is 0 Å². The standard InChI is InChI=1S/C19H26N4O2/c1-4-17(24)21-18(19(25)23-11-9-22(3)10-12-23)14(2)16-7-5-15(13-20)6-8-16/h5-8,14,18H,4,9-12H2,1-3H3,(H,21,24)/t14-,18+/m0/s1. The molecule has 1 aromatic rings. The molecule has 1 saturated heterocycles. The molecule has 0 unspecified atom stereocenters. The van der Waals surface area contributed by atoms with Gasteiger partial charge in [0.05, 0.1) is 11.6 Å². The molecule has 0 radical (unpaired) electrons. The Labute approximate surface area is 149 Å². The maximum Gasteiger partial charge on any atom is 0.245 e. The van der Waals surface area contributed by atoms with Crippen LogP contribution in [0.2, 0.25) is 0 Å². The summed E-state index contributed by atoms with van der Waals surface area (Å²) in [5.41, 5.74) is 1.51. The summed E-state index contributed by atoms with van der Waals surface area (Å²) < 4.78 is 0. The van der Waals surface area contributed by atoms with Crippen LogP contribution in [0, 0.1) is 11.3 Å². The van der Waals surface area contributed by atoms with Gasteiger partial charge in [-0.25, -0.2) is 0 Å². The van der Waals surface area contributed by atoms with Crippen molar-refractivity contribution in [1.82, 2.24) is 15.1 Å². The molecule has 2 atom stereocenters. The van der Waals surface area contributed by atoms with Crippen molar-refractivity contribution >= 4 is 11.8 Å². The van der Waals surface area contributed by atoms with E-state index in [0.29, 0.717) is 25.1 Å². The summed E-state index contributed by atoms with van der Waals surface area (Å²) in [6.07, 6.45) is 0.340. The number of carbonyl (C=O) groups excluding carboxylic acids is 2. The summed E-state index contributed by atoms with van der Waals surface area (Å²) in [6, 6.07) is 8.69. The molecule has 2 rings (SSSR count). The number of benzene rings is 1. The first-order chi connectivity index (χ1) is 12.0. The van der Waals surface area contributed by atoms with E-state index in [4.69, 9.17) is 5.26 Å². The fraction of sp³-hybridized carbons (Fsp3) is 0.526. The molecule has 1 aliphatic heterocycles. The normalized spacial score (nSPS) is 17.4. The van der Waals surface area contributed by atoms with Crippen LogP contribution in [0.1, 0.15) is 37.3 Å². The van der Waals surface area contributed by atoms with Gasteiger partial charge in [-0.15, -0.1) is 0 Å². The minimum atomic E-state index is -0.594. The van der Waals surface area contributed by atoms with Gasteiger partial charge in [-0.1, -0.05) is 26.0 Å². The number of rotatable bonds is 5. The van der Waals surface area contributed by atoms with Crippen LogP contribution in [-0.4, -0.2) is 60.9 Å². The average molecular weight is 342 g/mol. The molecule has 1 N–H and O–H groups in total. The van der Waals surface area contributed by atoms with Crippen LogP contribution in [0.4, 0.5) is 0 Å². The Hall–Kier alpha value is -2.39. The van der Waals surface area contributed by atoms with Crippen LogP contribution in [-0.2, 0) is 9.59 Å². The Morgan fingerprint density at radius 2 is 1.80 bits per heavy atom. The lowest BCUT2D eigenvalue weighted by atomic mass is 9.91. The molecule has 6 nitrogen and oxygen atoms in total. The summed E-state index contributed by atoms with van der Waals surface area (Å²) in [5.74, 6) is -0.338. The zero-order valence-electron chi connectivity index (χ0n) is 15.2. The van der Waals surface area contributed by atoms with E-state index in [9.17, 15) is 9.59 Å². The number of nitriles is 1. The molecule has 6 heteroatoms. The largest absolute Gasteiger partial charge is 0.344 e. The minimum absolute atomic E-state index is 0.0354. The highest BCUT2D eigenvalue weighted by molar-refractivity contribution is 5.88. The molecule has 0 aromatic heterocycles. The first-order valence-corrected chi connectivity index (χ1v) is 8.73. The van der Waals surface area contributed by atoms with Crippen molar-refractivity contribution < 1.29 is 9.59 Å². The fourth-order valence-electron chi connectivity index (χ4n) is 2.95. The summed E-state index contributed by atoms with van der Waals surface area (Å²) in [5, 5.41) is 11.8. The number of hydrogen-bond donors (Lipinski definition) is 1. The number of nitrogens with one attached hydrogen (secondary N) is 1. The van der Waals surface area contributed by atoms with Crippen molar-refractivity contribution in [2.45, 2.75) is 32.2 Å². The highest BCUT2D eigenvalue weighted by Crippen LogP contribution is 2.22. The zero-order chi connectivity index (χ0) is 18.4. The quantitative estimate of drug-likeness (QED) is 0.876. The Morgan fingerprint density at radius 3 is 2.32 bits per heavy atom. The number of nitrogens with zero attached hydrogens (tertiary/aromatic N) is 3. The minimum Gasteiger partial charge on any atom is -0.344 e. The molecular weight excluding hydrogens is 316 g/mol. The van der Waals surface area contributed by atoms with Crippen LogP contribution in [0.5, 0.6) is 0 Å². The number of piperazine rings is 1. The van der Waals surface area contributed by atoms with E-state index < -0.39 is 6.04 Å². The highest BCUT2D eigenvalue weighted by atomic mass is 16.2. The van der Waals surface area contributed by atoms with Crippen molar-refractivity contribution in [1.29, 1.82) is 5.26 Å². The predicted molar refractivity (Wildman–Crippen MR) is 95.9 cm³/mol. The molecule has 134 valence electrons. The Kier molecular flexibility index (Phi) is 6.54. The number of amides is 2. The molecule has 1 heterocycles. The van der Waals surface area contributed by atoms with E-state index >= 15 is 0 Å². The first kappa shape index (κ1) is 18.9. The lowest BCUT2D eigenvalue weighted by Crippen LogP contribution is -2.55. The van der Waals surface area contributed by atoms with E-state index in [1.54, 1.807) is 19.1 Å². The molecule has 0 saturated carbocycles. The fourth-order valence-corrected chi connectivity index (χ4v) is 2.95. The van der Waals surface area contributed by atoms with Crippen molar-refractivity contribution in [3.05, 3.63) is 35.4 Å². The van der Waals surface area contributed by atoms with Crippen molar-refractivity contribution in [3.8, 4) is 6.07 Å². The maximum atomic E-state index is 13.0. The SMILES string of the molecule is CCC(=O)N[C@@H](C(=O)N1CCN(C)CC1)[C@@H](C)c1ccc(C#N)cc1. The first-order valence-electron chi connectivity index (χ1n) is 8.73. The summed E-state index contributed by atoms with van der Waals surface area (Å²) >= 11 is 0. The van der Waals surface area contributed by atoms with Gasteiger partial charge in [-0.2, -0.15) is 5.26 Å². The second-order valence-corrected chi connectivity index (χ2v) is 6.55. The molecule has 2 amide bonds. The molecular formula is C19H26N4O2. The van der Waals surface area contributed by atoms with Gasteiger partial charge in [0.15, 0.2) is 0 Å². The van der Waals surface area contributed by atoms with Gasteiger partial charge in [-0.3, -0.25) is 9.59 Å². The summed E-state index contributed by atoms with van der Waals surface area (Å²) in [6.45, 7) is 6.74. The second kappa shape index (κ2) is 8.63. The summed E-state index contributed by atoms with van der Waals surface area (Å²) in [4.78, 5) is 29.0. The van der Waals surface area contributed by atoms with E-state index in [2.05, 4.69) is 16.3 Å². The molecule has 1 aliphatic rings. The molecule has 0 aliphatic carbocycles. The number of hydrogen-bond acceptors (Lipinski definition) is 4. The smallest absolute Gasteiger partial charge is 0.245 e. The molecule has 25 heavy (non-hydrogen) atoms. The van der Waals surface area contributed by atoms with Gasteiger partial charge in [-0.05, 0) is 24.7 Å². The molecule has 0 spiro atoms. The summed E-state index contributed by atoms with van der Waals surface area (Å²) in [7, 11) is 2.04. The number of carbonyl (C=O) groups is 2. The van der Waals surface area contributed by atoms with Crippen LogP contribution in [0.25, 0.3) is 0 Å². The van der Waals surface area contributed by atoms with Crippen LogP contribution in [0.15, 0.2) is 24.3 Å². The van der Waals surface area contributed by atoms with Gasteiger partial charge in [0, 0.05) is 38.5 Å². The van der Waals surface area contributed by atoms with Crippen molar-refractivity contribution in [2.24, 2.45) is 0 Å². The zero-order valence-corrected chi connectivity index (χ0v) is 15.2. The van der Waals surface area contributed by atoms with Crippen LogP contribution < -0.4 is 5.32 Å².